The zero-order chi connectivity index (χ0) is 18.8. The minimum Gasteiger partial charge on any atom is -0.465 e. The van der Waals surface area contributed by atoms with E-state index in [1.807, 2.05) is 0 Å². The lowest BCUT2D eigenvalue weighted by Crippen LogP contribution is -2.07. The third-order valence-electron chi connectivity index (χ3n) is 3.88. The molecule has 0 unspecified atom stereocenters. The van der Waals surface area contributed by atoms with Crippen molar-refractivity contribution < 1.29 is 23.3 Å². The third kappa shape index (κ3) is 3.32. The Labute approximate surface area is 147 Å². The van der Waals surface area contributed by atoms with Crippen molar-refractivity contribution in [1.29, 1.82) is 0 Å². The second-order valence-corrected chi connectivity index (χ2v) is 5.60. The molecule has 0 saturated carbocycles. The smallest absolute Gasteiger partial charge is 0.342 e. The zero-order valence-corrected chi connectivity index (χ0v) is 14.3. The Morgan fingerprint density at radius 2 is 1.81 bits per heavy atom. The van der Waals surface area contributed by atoms with Crippen molar-refractivity contribution in [3.05, 3.63) is 62.9 Å². The average Bonchev–Trinajstić information content (AvgIpc) is 3.18. The van der Waals surface area contributed by atoms with Crippen LogP contribution in [0.3, 0.4) is 0 Å². The lowest BCUT2D eigenvalue weighted by Gasteiger charge is -2.02. The van der Waals surface area contributed by atoms with Crippen LogP contribution in [0.5, 0.6) is 0 Å². The van der Waals surface area contributed by atoms with Gasteiger partial charge in [-0.1, -0.05) is 0 Å². The van der Waals surface area contributed by atoms with Crippen molar-refractivity contribution in [2.75, 3.05) is 0 Å². The molecule has 0 aliphatic carbocycles. The van der Waals surface area contributed by atoms with Crippen LogP contribution >= 0.6 is 0 Å². The Kier molecular flexibility index (Phi) is 4.53. The summed E-state index contributed by atoms with van der Waals surface area (Å²) in [6.07, 6.45) is 0. The normalized spacial score (nSPS) is 10.7. The fraction of sp³-hybridized carbons (Fsp3) is 0.235. The van der Waals surface area contributed by atoms with E-state index in [0.29, 0.717) is 22.6 Å². The number of nitro benzene ring substituents is 1. The van der Waals surface area contributed by atoms with Gasteiger partial charge in [-0.2, -0.15) is 0 Å². The first-order chi connectivity index (χ1) is 12.4. The van der Waals surface area contributed by atoms with Crippen LogP contribution in [0.2, 0.25) is 0 Å². The van der Waals surface area contributed by atoms with Crippen LogP contribution in [-0.2, 0) is 11.3 Å². The SMILES string of the molecule is Cc1oc(C)c(C(=O)OCc2nnc(-c3ccc([N+](=O)[O-])cc3)o2)c1C. The maximum atomic E-state index is 12.2. The molecule has 0 saturated heterocycles. The Balaban J connectivity index is 1.69. The molecular weight excluding hydrogens is 342 g/mol. The fourth-order valence-corrected chi connectivity index (χ4v) is 2.45. The number of non-ortho nitro benzene ring substituents is 1. The number of nitrogens with zero attached hydrogens (tertiary/aromatic N) is 3. The Hall–Kier alpha value is -3.49. The molecule has 0 aliphatic rings. The topological polar surface area (TPSA) is 122 Å². The van der Waals surface area contributed by atoms with Gasteiger partial charge in [0.1, 0.15) is 17.1 Å². The van der Waals surface area contributed by atoms with Gasteiger partial charge in [0.15, 0.2) is 6.61 Å². The van der Waals surface area contributed by atoms with Crippen LogP contribution < -0.4 is 0 Å². The lowest BCUT2D eigenvalue weighted by molar-refractivity contribution is -0.384. The summed E-state index contributed by atoms with van der Waals surface area (Å²) < 4.78 is 16.0. The second-order valence-electron chi connectivity index (χ2n) is 5.60. The summed E-state index contributed by atoms with van der Waals surface area (Å²) in [5, 5.41) is 18.3. The van der Waals surface area contributed by atoms with Crippen LogP contribution in [0, 0.1) is 30.9 Å². The molecule has 9 nitrogen and oxygen atoms in total. The summed E-state index contributed by atoms with van der Waals surface area (Å²) in [4.78, 5) is 22.4. The Morgan fingerprint density at radius 3 is 2.38 bits per heavy atom. The maximum Gasteiger partial charge on any atom is 0.342 e. The van der Waals surface area contributed by atoms with Gasteiger partial charge in [-0.15, -0.1) is 10.2 Å². The van der Waals surface area contributed by atoms with Gasteiger partial charge in [-0.25, -0.2) is 4.79 Å². The molecule has 0 radical (unpaired) electrons. The zero-order valence-electron chi connectivity index (χ0n) is 14.3. The highest BCUT2D eigenvalue weighted by atomic mass is 16.6. The monoisotopic (exact) mass is 357 g/mol. The molecule has 1 aromatic carbocycles. The largest absolute Gasteiger partial charge is 0.465 e. The van der Waals surface area contributed by atoms with Gasteiger partial charge in [0.2, 0.25) is 5.89 Å². The van der Waals surface area contributed by atoms with Crippen LogP contribution in [0.15, 0.2) is 33.1 Å². The van der Waals surface area contributed by atoms with Gasteiger partial charge in [-0.05, 0) is 32.9 Å². The molecule has 0 bridgehead atoms. The molecule has 0 aliphatic heterocycles. The number of rotatable bonds is 5. The van der Waals surface area contributed by atoms with Gasteiger partial charge in [0.25, 0.3) is 11.6 Å². The number of hydrogen-bond donors (Lipinski definition) is 0. The summed E-state index contributed by atoms with van der Waals surface area (Å²) in [5.41, 5.74) is 1.60. The number of aromatic nitrogens is 2. The molecule has 3 rings (SSSR count). The van der Waals surface area contributed by atoms with E-state index in [1.165, 1.54) is 24.3 Å². The highest BCUT2D eigenvalue weighted by Gasteiger charge is 2.21. The number of carbonyl (C=O) groups excluding carboxylic acids is 1. The first kappa shape index (κ1) is 17.3. The molecule has 0 fully saturated rings. The van der Waals surface area contributed by atoms with Crippen LogP contribution in [0.1, 0.15) is 33.3 Å². The van der Waals surface area contributed by atoms with E-state index in [9.17, 15) is 14.9 Å². The summed E-state index contributed by atoms with van der Waals surface area (Å²) in [6, 6.07) is 5.68. The van der Waals surface area contributed by atoms with E-state index in [2.05, 4.69) is 10.2 Å². The number of nitro groups is 1. The number of benzene rings is 1. The molecule has 134 valence electrons. The van der Waals surface area contributed by atoms with Crippen molar-refractivity contribution in [1.82, 2.24) is 10.2 Å². The number of ether oxygens (including phenoxy) is 1. The molecule has 0 atom stereocenters. The molecule has 0 N–H and O–H groups in total. The van der Waals surface area contributed by atoms with Gasteiger partial charge in [0.05, 0.1) is 4.92 Å². The Bertz CT molecular complexity index is 971. The predicted molar refractivity (Wildman–Crippen MR) is 88.4 cm³/mol. The minimum absolute atomic E-state index is 0.0384. The summed E-state index contributed by atoms with van der Waals surface area (Å²) in [6.45, 7) is 5.05. The summed E-state index contributed by atoms with van der Waals surface area (Å²) >= 11 is 0. The van der Waals surface area contributed by atoms with Crippen molar-refractivity contribution in [3.8, 4) is 11.5 Å². The summed E-state index contributed by atoms with van der Waals surface area (Å²) in [5.74, 6) is 0.904. The molecule has 26 heavy (non-hydrogen) atoms. The Morgan fingerprint density at radius 1 is 1.12 bits per heavy atom. The molecule has 0 spiro atoms. The van der Waals surface area contributed by atoms with Gasteiger partial charge in [-0.3, -0.25) is 10.1 Å². The number of furan rings is 1. The molecule has 0 amide bonds. The lowest BCUT2D eigenvalue weighted by atomic mass is 10.1. The number of aryl methyl sites for hydroxylation is 2. The number of esters is 1. The number of carbonyl (C=O) groups is 1. The third-order valence-corrected chi connectivity index (χ3v) is 3.88. The summed E-state index contributed by atoms with van der Waals surface area (Å²) in [7, 11) is 0. The van der Waals surface area contributed by atoms with Crippen molar-refractivity contribution in [2.24, 2.45) is 0 Å². The van der Waals surface area contributed by atoms with E-state index in [4.69, 9.17) is 13.6 Å². The predicted octanol–water partition coefficient (Wildman–Crippen LogP) is 3.52. The van der Waals surface area contributed by atoms with E-state index < -0.39 is 10.9 Å². The molecule has 3 aromatic rings. The van der Waals surface area contributed by atoms with E-state index in [1.54, 1.807) is 20.8 Å². The molecule has 2 aromatic heterocycles. The first-order valence-corrected chi connectivity index (χ1v) is 7.67. The number of hydrogen-bond acceptors (Lipinski definition) is 8. The fourth-order valence-electron chi connectivity index (χ4n) is 2.45. The van der Waals surface area contributed by atoms with Crippen molar-refractivity contribution in [2.45, 2.75) is 27.4 Å². The van der Waals surface area contributed by atoms with Crippen LogP contribution in [0.4, 0.5) is 5.69 Å². The van der Waals surface area contributed by atoms with Crippen LogP contribution in [0.25, 0.3) is 11.5 Å². The van der Waals surface area contributed by atoms with Crippen molar-refractivity contribution in [3.63, 3.8) is 0 Å². The van der Waals surface area contributed by atoms with Gasteiger partial charge < -0.3 is 13.6 Å². The standard InChI is InChI=1S/C17H15N3O6/c1-9-10(2)25-11(3)15(9)17(21)24-8-14-18-19-16(26-14)12-4-6-13(7-5-12)20(22)23/h4-7H,8H2,1-3H3. The average molecular weight is 357 g/mol. The highest BCUT2D eigenvalue weighted by Crippen LogP contribution is 2.23. The quantitative estimate of drug-likeness (QED) is 0.386. The van der Waals surface area contributed by atoms with Gasteiger partial charge in [0, 0.05) is 23.3 Å². The van der Waals surface area contributed by atoms with Crippen LogP contribution in [-0.4, -0.2) is 21.1 Å². The van der Waals surface area contributed by atoms with Gasteiger partial charge >= 0.3 is 5.97 Å². The van der Waals surface area contributed by atoms with E-state index in [-0.39, 0.29) is 24.1 Å². The molecule has 9 heteroatoms. The van der Waals surface area contributed by atoms with E-state index >= 15 is 0 Å². The first-order valence-electron chi connectivity index (χ1n) is 7.67. The minimum atomic E-state index is -0.535. The maximum absolute atomic E-state index is 12.2. The second kappa shape index (κ2) is 6.79. The van der Waals surface area contributed by atoms with E-state index in [0.717, 1.165) is 5.56 Å². The molecule has 2 heterocycles. The van der Waals surface area contributed by atoms with Crippen molar-refractivity contribution >= 4 is 11.7 Å². The highest BCUT2D eigenvalue weighted by molar-refractivity contribution is 5.92. The molecular formula is C17H15N3O6.